The number of rotatable bonds is 3. The maximum absolute atomic E-state index is 5.30. The molecule has 1 aromatic heterocycles. The molecular weight excluding hydrogens is 298 g/mol. The highest BCUT2D eigenvalue weighted by Crippen LogP contribution is 2.30. The van der Waals surface area contributed by atoms with Gasteiger partial charge in [0.15, 0.2) is 0 Å². The summed E-state index contributed by atoms with van der Waals surface area (Å²) in [5.41, 5.74) is 4.60. The minimum absolute atomic E-state index is 0.874. The van der Waals surface area contributed by atoms with Gasteiger partial charge >= 0.3 is 0 Å². The molecule has 0 atom stereocenters. The highest BCUT2D eigenvalue weighted by molar-refractivity contribution is 5.82. The fourth-order valence-corrected chi connectivity index (χ4v) is 3.46. The number of imidazole rings is 1. The van der Waals surface area contributed by atoms with Crippen molar-refractivity contribution in [2.24, 2.45) is 0 Å². The summed E-state index contributed by atoms with van der Waals surface area (Å²) in [5, 5.41) is 0. The van der Waals surface area contributed by atoms with Crippen LogP contribution in [0.2, 0.25) is 0 Å². The molecule has 2 aromatic carbocycles. The van der Waals surface area contributed by atoms with Crippen molar-refractivity contribution in [3.8, 4) is 11.4 Å². The summed E-state index contributed by atoms with van der Waals surface area (Å²) in [7, 11) is 1.70. The van der Waals surface area contributed by atoms with E-state index in [1.54, 1.807) is 7.11 Å². The lowest BCUT2D eigenvalue weighted by atomic mass is 10.1. The summed E-state index contributed by atoms with van der Waals surface area (Å²) in [6.07, 6.45) is 3.80. The molecule has 1 saturated heterocycles. The number of aryl methyl sites for hydroxylation is 1. The van der Waals surface area contributed by atoms with Crippen LogP contribution in [0, 0.1) is 6.92 Å². The molecule has 0 amide bonds. The molecule has 0 bridgehead atoms. The van der Waals surface area contributed by atoms with Crippen LogP contribution in [0.15, 0.2) is 42.5 Å². The number of nitrogens with zero attached hydrogens (tertiary/aromatic N) is 3. The highest BCUT2D eigenvalue weighted by Gasteiger charge is 2.20. The van der Waals surface area contributed by atoms with Crippen LogP contribution in [0.1, 0.15) is 24.8 Å². The summed E-state index contributed by atoms with van der Waals surface area (Å²) < 4.78 is 7.59. The number of hydrogen-bond donors (Lipinski definition) is 0. The van der Waals surface area contributed by atoms with Crippen molar-refractivity contribution in [3.63, 3.8) is 0 Å². The lowest BCUT2D eigenvalue weighted by Gasteiger charge is -2.28. The van der Waals surface area contributed by atoms with E-state index in [2.05, 4.69) is 46.7 Å². The van der Waals surface area contributed by atoms with Crippen LogP contribution in [0.4, 0.5) is 5.95 Å². The number of ether oxygens (including phenoxy) is 1. The van der Waals surface area contributed by atoms with Gasteiger partial charge in [-0.05, 0) is 68.1 Å². The van der Waals surface area contributed by atoms with E-state index >= 15 is 0 Å². The SMILES string of the molecule is COc1ccc(-n2c(N3CCCCC3)nc3ccc(C)cc32)cc1. The molecule has 0 saturated carbocycles. The summed E-state index contributed by atoms with van der Waals surface area (Å²) in [6, 6.07) is 14.7. The first-order chi connectivity index (χ1) is 11.8. The number of anilines is 1. The Morgan fingerprint density at radius 2 is 1.71 bits per heavy atom. The molecular formula is C20H23N3O. The van der Waals surface area contributed by atoms with E-state index in [0.29, 0.717) is 0 Å². The molecule has 4 rings (SSSR count). The van der Waals surface area contributed by atoms with Crippen LogP contribution < -0.4 is 9.64 Å². The van der Waals surface area contributed by atoms with Gasteiger partial charge in [-0.2, -0.15) is 0 Å². The number of benzene rings is 2. The van der Waals surface area contributed by atoms with Gasteiger partial charge in [0, 0.05) is 18.8 Å². The standard InChI is InChI=1S/C20H23N3O/c1-15-6-11-18-19(14-15)23(16-7-9-17(24-2)10-8-16)20(21-18)22-12-4-3-5-13-22/h6-11,14H,3-5,12-13H2,1-2H3. The lowest BCUT2D eigenvalue weighted by molar-refractivity contribution is 0.415. The van der Waals surface area contributed by atoms with E-state index in [1.165, 1.54) is 30.3 Å². The quantitative estimate of drug-likeness (QED) is 0.719. The molecule has 0 radical (unpaired) electrons. The van der Waals surface area contributed by atoms with Gasteiger partial charge < -0.3 is 9.64 Å². The van der Waals surface area contributed by atoms with E-state index in [-0.39, 0.29) is 0 Å². The number of aromatic nitrogens is 2. The predicted octanol–water partition coefficient (Wildman–Crippen LogP) is 4.33. The third kappa shape index (κ3) is 2.62. The second-order valence-electron chi connectivity index (χ2n) is 6.49. The fourth-order valence-electron chi connectivity index (χ4n) is 3.46. The van der Waals surface area contributed by atoms with Gasteiger partial charge in [-0.3, -0.25) is 4.57 Å². The van der Waals surface area contributed by atoms with Crippen molar-refractivity contribution in [2.45, 2.75) is 26.2 Å². The summed E-state index contributed by atoms with van der Waals surface area (Å²) in [4.78, 5) is 7.37. The van der Waals surface area contributed by atoms with Crippen LogP contribution >= 0.6 is 0 Å². The van der Waals surface area contributed by atoms with Gasteiger partial charge in [0.05, 0.1) is 18.1 Å². The van der Waals surface area contributed by atoms with Gasteiger partial charge in [-0.25, -0.2) is 4.98 Å². The smallest absolute Gasteiger partial charge is 0.211 e. The zero-order valence-electron chi connectivity index (χ0n) is 14.3. The maximum Gasteiger partial charge on any atom is 0.211 e. The Bertz CT molecular complexity index is 845. The number of fused-ring (bicyclic) bond motifs is 1. The Balaban J connectivity index is 1.90. The van der Waals surface area contributed by atoms with Crippen LogP contribution in [0.5, 0.6) is 5.75 Å². The van der Waals surface area contributed by atoms with Gasteiger partial charge in [-0.15, -0.1) is 0 Å². The first kappa shape index (κ1) is 15.1. The van der Waals surface area contributed by atoms with Crippen molar-refractivity contribution < 1.29 is 4.74 Å². The molecule has 1 fully saturated rings. The number of methoxy groups -OCH3 is 1. The monoisotopic (exact) mass is 321 g/mol. The molecule has 1 aliphatic rings. The normalized spacial score (nSPS) is 15.0. The summed E-state index contributed by atoms with van der Waals surface area (Å²) in [5.74, 6) is 1.93. The molecule has 2 heterocycles. The van der Waals surface area contributed by atoms with E-state index in [4.69, 9.17) is 9.72 Å². The molecule has 124 valence electrons. The third-order valence-corrected chi connectivity index (χ3v) is 4.76. The summed E-state index contributed by atoms with van der Waals surface area (Å²) >= 11 is 0. The lowest BCUT2D eigenvalue weighted by Crippen LogP contribution is -2.31. The van der Waals surface area contributed by atoms with Gasteiger partial charge in [-0.1, -0.05) is 6.07 Å². The van der Waals surface area contributed by atoms with Crippen LogP contribution in [-0.4, -0.2) is 29.8 Å². The average molecular weight is 321 g/mol. The Kier molecular flexibility index (Phi) is 3.89. The second-order valence-corrected chi connectivity index (χ2v) is 6.49. The van der Waals surface area contributed by atoms with E-state index in [1.807, 2.05) is 12.1 Å². The van der Waals surface area contributed by atoms with Crippen molar-refractivity contribution in [1.29, 1.82) is 0 Å². The van der Waals surface area contributed by atoms with E-state index in [9.17, 15) is 0 Å². The first-order valence-electron chi connectivity index (χ1n) is 8.65. The second kappa shape index (κ2) is 6.19. The van der Waals surface area contributed by atoms with Gasteiger partial charge in [0.25, 0.3) is 0 Å². The van der Waals surface area contributed by atoms with Gasteiger partial charge in [0.1, 0.15) is 5.75 Å². The Morgan fingerprint density at radius 3 is 2.42 bits per heavy atom. The zero-order valence-corrected chi connectivity index (χ0v) is 14.3. The Hall–Kier alpha value is -2.49. The molecule has 3 aromatic rings. The van der Waals surface area contributed by atoms with Crippen LogP contribution in [-0.2, 0) is 0 Å². The average Bonchev–Trinajstić information content (AvgIpc) is 3.01. The van der Waals surface area contributed by atoms with Crippen LogP contribution in [0.25, 0.3) is 16.7 Å². The number of hydrogen-bond acceptors (Lipinski definition) is 3. The van der Waals surface area contributed by atoms with Crippen molar-refractivity contribution in [2.75, 3.05) is 25.1 Å². The minimum Gasteiger partial charge on any atom is -0.497 e. The number of piperidine rings is 1. The predicted molar refractivity (Wildman–Crippen MR) is 98.4 cm³/mol. The Morgan fingerprint density at radius 1 is 0.958 bits per heavy atom. The summed E-state index contributed by atoms with van der Waals surface area (Å²) in [6.45, 7) is 4.29. The van der Waals surface area contributed by atoms with Crippen molar-refractivity contribution in [1.82, 2.24) is 9.55 Å². The topological polar surface area (TPSA) is 30.3 Å². The molecule has 4 nitrogen and oxygen atoms in total. The third-order valence-electron chi connectivity index (χ3n) is 4.76. The van der Waals surface area contributed by atoms with Crippen LogP contribution in [0.3, 0.4) is 0 Å². The van der Waals surface area contributed by atoms with E-state index < -0.39 is 0 Å². The van der Waals surface area contributed by atoms with Gasteiger partial charge in [0.2, 0.25) is 5.95 Å². The highest BCUT2D eigenvalue weighted by atomic mass is 16.5. The molecule has 4 heteroatoms. The molecule has 0 aliphatic carbocycles. The van der Waals surface area contributed by atoms with Crippen molar-refractivity contribution >= 4 is 17.0 Å². The zero-order chi connectivity index (χ0) is 16.5. The fraction of sp³-hybridized carbons (Fsp3) is 0.350. The maximum atomic E-state index is 5.30. The Labute approximate surface area is 142 Å². The minimum atomic E-state index is 0.874. The molecule has 1 aliphatic heterocycles. The first-order valence-corrected chi connectivity index (χ1v) is 8.65. The molecule has 24 heavy (non-hydrogen) atoms. The van der Waals surface area contributed by atoms with Crippen molar-refractivity contribution in [3.05, 3.63) is 48.0 Å². The largest absolute Gasteiger partial charge is 0.497 e. The molecule has 0 spiro atoms. The van der Waals surface area contributed by atoms with E-state index in [0.717, 1.165) is 36.0 Å². The molecule has 0 unspecified atom stereocenters. The molecule has 0 N–H and O–H groups in total.